The molecule has 19 heavy (non-hydrogen) atoms. The van der Waals surface area contributed by atoms with E-state index in [1.165, 1.54) is 10.9 Å². The van der Waals surface area contributed by atoms with Gasteiger partial charge >= 0.3 is 0 Å². The van der Waals surface area contributed by atoms with Gasteiger partial charge in [0.25, 0.3) is 0 Å². The third kappa shape index (κ3) is 3.55. The van der Waals surface area contributed by atoms with E-state index < -0.39 is 0 Å². The minimum Gasteiger partial charge on any atom is -0.380 e. The third-order valence-electron chi connectivity index (χ3n) is 3.11. The SMILES string of the molecule is CCCOCCn1cc(CNCC)c2cccnc21. The maximum atomic E-state index is 5.56. The van der Waals surface area contributed by atoms with Crippen LogP contribution in [0, 0.1) is 0 Å². The van der Waals surface area contributed by atoms with Gasteiger partial charge in [0.1, 0.15) is 5.65 Å². The van der Waals surface area contributed by atoms with Crippen LogP contribution in [0.2, 0.25) is 0 Å². The van der Waals surface area contributed by atoms with E-state index in [1.54, 1.807) is 0 Å². The van der Waals surface area contributed by atoms with E-state index >= 15 is 0 Å². The first-order chi connectivity index (χ1) is 9.36. The fourth-order valence-corrected chi connectivity index (χ4v) is 2.18. The second kappa shape index (κ2) is 7.26. The van der Waals surface area contributed by atoms with Crippen molar-refractivity contribution in [1.29, 1.82) is 0 Å². The monoisotopic (exact) mass is 261 g/mol. The molecule has 2 aromatic heterocycles. The van der Waals surface area contributed by atoms with Gasteiger partial charge in [-0.25, -0.2) is 4.98 Å². The molecule has 4 nitrogen and oxygen atoms in total. The van der Waals surface area contributed by atoms with E-state index in [0.29, 0.717) is 0 Å². The average molecular weight is 261 g/mol. The molecule has 0 unspecified atom stereocenters. The van der Waals surface area contributed by atoms with E-state index in [4.69, 9.17) is 4.74 Å². The lowest BCUT2D eigenvalue weighted by Gasteiger charge is -2.05. The van der Waals surface area contributed by atoms with Crippen LogP contribution in [-0.4, -0.2) is 29.3 Å². The first-order valence-electron chi connectivity index (χ1n) is 7.08. The second-order valence-electron chi connectivity index (χ2n) is 4.62. The molecule has 2 heterocycles. The minimum atomic E-state index is 0.745. The Hall–Kier alpha value is -1.39. The Balaban J connectivity index is 2.13. The summed E-state index contributed by atoms with van der Waals surface area (Å²) in [7, 11) is 0. The van der Waals surface area contributed by atoms with Crippen molar-refractivity contribution in [2.75, 3.05) is 19.8 Å². The molecule has 104 valence electrons. The first kappa shape index (κ1) is 14.0. The Labute approximate surface area is 114 Å². The van der Waals surface area contributed by atoms with Gasteiger partial charge in [0, 0.05) is 37.5 Å². The summed E-state index contributed by atoms with van der Waals surface area (Å²) in [5.74, 6) is 0. The minimum absolute atomic E-state index is 0.745. The molecule has 0 spiro atoms. The van der Waals surface area contributed by atoms with Crippen molar-refractivity contribution in [2.45, 2.75) is 33.4 Å². The summed E-state index contributed by atoms with van der Waals surface area (Å²) in [5.41, 5.74) is 2.36. The number of nitrogens with one attached hydrogen (secondary N) is 1. The smallest absolute Gasteiger partial charge is 0.140 e. The van der Waals surface area contributed by atoms with Crippen LogP contribution in [0.15, 0.2) is 24.5 Å². The summed E-state index contributed by atoms with van der Waals surface area (Å²) in [6, 6.07) is 4.13. The standard InChI is InChI=1S/C15H23N3O/c1-3-9-19-10-8-18-12-13(11-16-4-2)14-6-5-7-17-15(14)18/h5-7,12,16H,3-4,8-11H2,1-2H3. The van der Waals surface area contributed by atoms with Gasteiger partial charge in [0.05, 0.1) is 6.61 Å². The molecule has 0 radical (unpaired) electrons. The third-order valence-corrected chi connectivity index (χ3v) is 3.11. The summed E-state index contributed by atoms with van der Waals surface area (Å²) < 4.78 is 7.75. The Morgan fingerprint density at radius 3 is 3.00 bits per heavy atom. The van der Waals surface area contributed by atoms with E-state index in [-0.39, 0.29) is 0 Å². The summed E-state index contributed by atoms with van der Waals surface area (Å²) in [6.07, 6.45) is 5.11. The Morgan fingerprint density at radius 2 is 2.21 bits per heavy atom. The molecule has 0 atom stereocenters. The number of fused-ring (bicyclic) bond motifs is 1. The van der Waals surface area contributed by atoms with Gasteiger partial charge in [-0.3, -0.25) is 0 Å². The van der Waals surface area contributed by atoms with Gasteiger partial charge in [-0.2, -0.15) is 0 Å². The highest BCUT2D eigenvalue weighted by Gasteiger charge is 2.08. The molecule has 4 heteroatoms. The molecule has 0 aromatic carbocycles. The summed E-state index contributed by atoms with van der Waals surface area (Å²) in [5, 5.41) is 4.61. The number of ether oxygens (including phenoxy) is 1. The maximum Gasteiger partial charge on any atom is 0.140 e. The fraction of sp³-hybridized carbons (Fsp3) is 0.533. The molecule has 0 aliphatic carbocycles. The van der Waals surface area contributed by atoms with E-state index in [1.807, 2.05) is 12.3 Å². The van der Waals surface area contributed by atoms with E-state index in [0.717, 1.165) is 44.9 Å². The van der Waals surface area contributed by atoms with Crippen LogP contribution >= 0.6 is 0 Å². The van der Waals surface area contributed by atoms with Gasteiger partial charge in [-0.1, -0.05) is 13.8 Å². The molecular formula is C15H23N3O. The highest BCUT2D eigenvalue weighted by atomic mass is 16.5. The quantitative estimate of drug-likeness (QED) is 0.742. The van der Waals surface area contributed by atoms with Crippen molar-refractivity contribution in [1.82, 2.24) is 14.9 Å². The Bertz CT molecular complexity index is 507. The van der Waals surface area contributed by atoms with Crippen molar-refractivity contribution >= 4 is 11.0 Å². The van der Waals surface area contributed by atoms with Gasteiger partial charge in [-0.05, 0) is 30.7 Å². The van der Waals surface area contributed by atoms with Crippen LogP contribution in [0.1, 0.15) is 25.8 Å². The van der Waals surface area contributed by atoms with E-state index in [2.05, 4.69) is 41.0 Å². The summed E-state index contributed by atoms with van der Waals surface area (Å²) in [6.45, 7) is 8.55. The van der Waals surface area contributed by atoms with Crippen LogP contribution in [-0.2, 0) is 17.8 Å². The molecule has 0 fully saturated rings. The maximum absolute atomic E-state index is 5.56. The molecule has 2 aromatic rings. The number of hydrogen-bond donors (Lipinski definition) is 1. The molecule has 0 aliphatic heterocycles. The molecule has 2 rings (SSSR count). The lowest BCUT2D eigenvalue weighted by atomic mass is 10.2. The fourth-order valence-electron chi connectivity index (χ4n) is 2.18. The first-order valence-corrected chi connectivity index (χ1v) is 7.08. The van der Waals surface area contributed by atoms with Crippen molar-refractivity contribution in [3.05, 3.63) is 30.1 Å². The zero-order chi connectivity index (χ0) is 13.5. The van der Waals surface area contributed by atoms with Crippen LogP contribution in [0.4, 0.5) is 0 Å². The zero-order valence-electron chi connectivity index (χ0n) is 11.9. The molecule has 0 saturated heterocycles. The molecule has 0 amide bonds. The molecule has 0 aliphatic rings. The van der Waals surface area contributed by atoms with Crippen LogP contribution in [0.25, 0.3) is 11.0 Å². The lowest BCUT2D eigenvalue weighted by Crippen LogP contribution is -2.11. The number of rotatable bonds is 8. The molecule has 0 saturated carbocycles. The Kier molecular flexibility index (Phi) is 5.36. The van der Waals surface area contributed by atoms with Gasteiger partial charge < -0.3 is 14.6 Å². The zero-order valence-corrected chi connectivity index (χ0v) is 11.9. The largest absolute Gasteiger partial charge is 0.380 e. The van der Waals surface area contributed by atoms with E-state index in [9.17, 15) is 0 Å². The highest BCUT2D eigenvalue weighted by Crippen LogP contribution is 2.19. The predicted octanol–water partition coefficient (Wildman–Crippen LogP) is 2.57. The highest BCUT2D eigenvalue weighted by molar-refractivity contribution is 5.80. The number of hydrogen-bond acceptors (Lipinski definition) is 3. The molecular weight excluding hydrogens is 238 g/mol. The Morgan fingerprint density at radius 1 is 1.32 bits per heavy atom. The summed E-state index contributed by atoms with van der Waals surface area (Å²) in [4.78, 5) is 4.49. The lowest BCUT2D eigenvalue weighted by molar-refractivity contribution is 0.127. The topological polar surface area (TPSA) is 39.1 Å². The van der Waals surface area contributed by atoms with Gasteiger partial charge in [0.2, 0.25) is 0 Å². The molecule has 1 N–H and O–H groups in total. The van der Waals surface area contributed by atoms with Crippen LogP contribution in [0.3, 0.4) is 0 Å². The number of nitrogens with zero attached hydrogens (tertiary/aromatic N) is 2. The summed E-state index contributed by atoms with van der Waals surface area (Å²) >= 11 is 0. The normalized spacial score (nSPS) is 11.3. The number of pyridine rings is 1. The van der Waals surface area contributed by atoms with Crippen molar-refractivity contribution in [3.63, 3.8) is 0 Å². The van der Waals surface area contributed by atoms with Gasteiger partial charge in [-0.15, -0.1) is 0 Å². The van der Waals surface area contributed by atoms with Crippen molar-refractivity contribution in [3.8, 4) is 0 Å². The average Bonchev–Trinajstić information content (AvgIpc) is 2.80. The van der Waals surface area contributed by atoms with Crippen LogP contribution in [0.5, 0.6) is 0 Å². The molecule has 0 bridgehead atoms. The van der Waals surface area contributed by atoms with Crippen molar-refractivity contribution < 1.29 is 4.74 Å². The second-order valence-corrected chi connectivity index (χ2v) is 4.62. The van der Waals surface area contributed by atoms with Crippen LogP contribution < -0.4 is 5.32 Å². The van der Waals surface area contributed by atoms with Crippen molar-refractivity contribution in [2.24, 2.45) is 0 Å². The number of aromatic nitrogens is 2. The van der Waals surface area contributed by atoms with Gasteiger partial charge in [0.15, 0.2) is 0 Å². The predicted molar refractivity (Wildman–Crippen MR) is 78.2 cm³/mol.